The van der Waals surface area contributed by atoms with Gasteiger partial charge in [-0.25, -0.2) is 8.42 Å². The molecule has 0 amide bonds. The summed E-state index contributed by atoms with van der Waals surface area (Å²) >= 11 is 0. The average molecular weight is 465 g/mol. The van der Waals surface area contributed by atoms with Crippen LogP contribution in [-0.4, -0.2) is 20.3 Å². The summed E-state index contributed by atoms with van der Waals surface area (Å²) in [5, 5.41) is 10.5. The molecular formula is C22H18F3NO5S. The van der Waals surface area contributed by atoms with Gasteiger partial charge in [-0.3, -0.25) is 0 Å². The maximum absolute atomic E-state index is 13.3. The Balaban J connectivity index is 1.83. The van der Waals surface area contributed by atoms with E-state index in [2.05, 4.69) is 4.72 Å². The summed E-state index contributed by atoms with van der Waals surface area (Å²) < 4.78 is 79.0. The number of fused-ring (bicyclic) bond motifs is 1. The molecule has 2 N–H and O–H groups in total. The summed E-state index contributed by atoms with van der Waals surface area (Å²) in [5.41, 5.74) is -0.101. The van der Waals surface area contributed by atoms with Gasteiger partial charge in [0.2, 0.25) is 16.8 Å². The van der Waals surface area contributed by atoms with E-state index in [-0.39, 0.29) is 40.1 Å². The fourth-order valence-electron chi connectivity index (χ4n) is 3.32. The number of benzene rings is 3. The molecule has 0 spiro atoms. The summed E-state index contributed by atoms with van der Waals surface area (Å²) in [6.45, 7) is 1.70. The van der Waals surface area contributed by atoms with Gasteiger partial charge >= 0.3 is 6.18 Å². The lowest BCUT2D eigenvalue weighted by molar-refractivity contribution is -0.137. The molecule has 3 aromatic rings. The molecular weight excluding hydrogens is 447 g/mol. The Labute approximate surface area is 182 Å². The Morgan fingerprint density at radius 2 is 1.66 bits per heavy atom. The van der Waals surface area contributed by atoms with E-state index in [4.69, 9.17) is 9.47 Å². The van der Waals surface area contributed by atoms with Gasteiger partial charge in [0.05, 0.1) is 16.5 Å². The molecule has 0 fully saturated rings. The predicted molar refractivity (Wildman–Crippen MR) is 109 cm³/mol. The first-order chi connectivity index (χ1) is 15.0. The number of halogens is 3. The van der Waals surface area contributed by atoms with Gasteiger partial charge in [-0.15, -0.1) is 0 Å². The zero-order chi connectivity index (χ0) is 23.1. The number of hydrogen-bond donors (Lipinski definition) is 2. The maximum atomic E-state index is 13.3. The normalized spacial score (nSPS) is 14.4. The highest BCUT2D eigenvalue weighted by Crippen LogP contribution is 2.42. The Hall–Kier alpha value is -3.24. The molecule has 1 unspecified atom stereocenters. The molecule has 0 radical (unpaired) electrons. The fraction of sp³-hybridized carbons (Fsp3) is 0.182. The van der Waals surface area contributed by atoms with Crippen LogP contribution in [-0.2, 0) is 16.2 Å². The first-order valence-corrected chi connectivity index (χ1v) is 10.9. The van der Waals surface area contributed by atoms with Crippen LogP contribution in [0.5, 0.6) is 17.2 Å². The first kappa shape index (κ1) is 22.0. The van der Waals surface area contributed by atoms with Crippen LogP contribution in [0.25, 0.3) is 0 Å². The van der Waals surface area contributed by atoms with Crippen molar-refractivity contribution < 1.29 is 36.2 Å². The highest BCUT2D eigenvalue weighted by Gasteiger charge is 2.33. The second-order valence-electron chi connectivity index (χ2n) is 7.25. The van der Waals surface area contributed by atoms with Crippen molar-refractivity contribution in [2.24, 2.45) is 0 Å². The van der Waals surface area contributed by atoms with Gasteiger partial charge < -0.3 is 14.6 Å². The number of phenols is 1. The number of aryl methyl sites for hydroxylation is 1. The van der Waals surface area contributed by atoms with Crippen LogP contribution >= 0.6 is 0 Å². The molecule has 32 heavy (non-hydrogen) atoms. The Kier molecular flexibility index (Phi) is 5.51. The van der Waals surface area contributed by atoms with Crippen LogP contribution in [0.15, 0.2) is 65.6 Å². The second kappa shape index (κ2) is 8.03. The van der Waals surface area contributed by atoms with Crippen molar-refractivity contribution in [2.75, 3.05) is 6.79 Å². The van der Waals surface area contributed by atoms with Crippen LogP contribution in [0.1, 0.15) is 28.3 Å². The van der Waals surface area contributed by atoms with Gasteiger partial charge in [-0.2, -0.15) is 17.9 Å². The number of phenolic OH excluding ortho intramolecular Hbond substituents is 1. The van der Waals surface area contributed by atoms with Crippen LogP contribution in [0, 0.1) is 6.92 Å². The zero-order valence-corrected chi connectivity index (χ0v) is 17.5. The minimum absolute atomic E-state index is 0.00956. The minimum atomic E-state index is -4.63. The standard InChI is InChI=1S/C22H18F3NO5S/c1-13-5-7-16(8-6-13)32(28,29)26-21(14-3-2-4-15(9-14)22(23,24)25)17-10-19-20(11-18(17)27)31-12-30-19/h2-11,21,26-27H,12H2,1H3. The van der Waals surface area contributed by atoms with Gasteiger partial charge in [0, 0.05) is 11.6 Å². The number of hydrogen-bond acceptors (Lipinski definition) is 5. The number of nitrogens with one attached hydrogen (secondary N) is 1. The minimum Gasteiger partial charge on any atom is -0.507 e. The van der Waals surface area contributed by atoms with Crippen molar-refractivity contribution in [1.82, 2.24) is 4.72 Å². The van der Waals surface area contributed by atoms with Crippen molar-refractivity contribution in [3.8, 4) is 17.2 Å². The quantitative estimate of drug-likeness (QED) is 0.579. The molecule has 4 rings (SSSR count). The lowest BCUT2D eigenvalue weighted by Gasteiger charge is -2.22. The summed E-state index contributed by atoms with van der Waals surface area (Å²) in [4.78, 5) is -0.0692. The van der Waals surface area contributed by atoms with Gasteiger partial charge in [0.15, 0.2) is 11.5 Å². The number of rotatable bonds is 5. The van der Waals surface area contributed by atoms with E-state index in [0.29, 0.717) is 0 Å². The molecule has 1 heterocycles. The van der Waals surface area contributed by atoms with E-state index in [9.17, 15) is 26.7 Å². The molecule has 0 aromatic heterocycles. The Morgan fingerprint density at radius 1 is 1.00 bits per heavy atom. The van der Waals surface area contributed by atoms with Crippen LogP contribution in [0.4, 0.5) is 13.2 Å². The zero-order valence-electron chi connectivity index (χ0n) is 16.7. The molecule has 10 heteroatoms. The van der Waals surface area contributed by atoms with Gasteiger partial charge in [-0.05, 0) is 42.8 Å². The van der Waals surface area contributed by atoms with Crippen LogP contribution in [0.3, 0.4) is 0 Å². The van der Waals surface area contributed by atoms with E-state index in [1.807, 2.05) is 0 Å². The monoisotopic (exact) mass is 465 g/mol. The molecule has 3 aromatic carbocycles. The first-order valence-electron chi connectivity index (χ1n) is 9.43. The number of ether oxygens (including phenoxy) is 2. The third-order valence-electron chi connectivity index (χ3n) is 4.98. The van der Waals surface area contributed by atoms with Crippen molar-refractivity contribution in [3.05, 3.63) is 82.9 Å². The molecule has 0 saturated carbocycles. The lowest BCUT2D eigenvalue weighted by atomic mass is 9.96. The van der Waals surface area contributed by atoms with Crippen molar-refractivity contribution in [1.29, 1.82) is 0 Å². The Morgan fingerprint density at radius 3 is 2.31 bits per heavy atom. The van der Waals surface area contributed by atoms with Gasteiger partial charge in [0.25, 0.3) is 0 Å². The SMILES string of the molecule is Cc1ccc(S(=O)(=O)NC(c2cccc(C(F)(F)F)c2)c2cc3c(cc2O)OCO3)cc1. The average Bonchev–Trinajstić information content (AvgIpc) is 3.18. The largest absolute Gasteiger partial charge is 0.507 e. The molecule has 1 aliphatic heterocycles. The van der Waals surface area contributed by atoms with Crippen LogP contribution < -0.4 is 14.2 Å². The number of aromatic hydroxyl groups is 1. The number of sulfonamides is 1. The second-order valence-corrected chi connectivity index (χ2v) is 8.97. The molecule has 1 atom stereocenters. The van der Waals surface area contributed by atoms with Crippen molar-refractivity contribution in [2.45, 2.75) is 24.0 Å². The maximum Gasteiger partial charge on any atom is 0.416 e. The molecule has 0 saturated heterocycles. The molecule has 0 aliphatic carbocycles. The summed E-state index contributed by atoms with van der Waals surface area (Å²) in [6, 6.07) is 11.5. The van der Waals surface area contributed by atoms with Crippen molar-refractivity contribution in [3.63, 3.8) is 0 Å². The van der Waals surface area contributed by atoms with Gasteiger partial charge in [0.1, 0.15) is 5.75 Å². The highest BCUT2D eigenvalue weighted by molar-refractivity contribution is 7.89. The molecule has 6 nitrogen and oxygen atoms in total. The van der Waals surface area contributed by atoms with Crippen molar-refractivity contribution >= 4 is 10.0 Å². The van der Waals surface area contributed by atoms with E-state index < -0.39 is 27.8 Å². The van der Waals surface area contributed by atoms with E-state index in [1.54, 1.807) is 19.1 Å². The van der Waals surface area contributed by atoms with Crippen LogP contribution in [0.2, 0.25) is 0 Å². The third kappa shape index (κ3) is 4.37. The fourth-order valence-corrected chi connectivity index (χ4v) is 4.53. The highest BCUT2D eigenvalue weighted by atomic mass is 32.2. The smallest absolute Gasteiger partial charge is 0.416 e. The van der Waals surface area contributed by atoms with E-state index >= 15 is 0 Å². The third-order valence-corrected chi connectivity index (χ3v) is 6.42. The lowest BCUT2D eigenvalue weighted by Crippen LogP contribution is -2.29. The topological polar surface area (TPSA) is 84.9 Å². The van der Waals surface area contributed by atoms with E-state index in [0.717, 1.165) is 17.7 Å². The van der Waals surface area contributed by atoms with Gasteiger partial charge in [-0.1, -0.05) is 29.8 Å². The molecule has 0 bridgehead atoms. The summed E-state index contributed by atoms with van der Waals surface area (Å²) in [5.74, 6) is 0.128. The molecule has 1 aliphatic rings. The Bertz CT molecular complexity index is 1260. The summed E-state index contributed by atoms with van der Waals surface area (Å²) in [6.07, 6.45) is -4.63. The van der Waals surface area contributed by atoms with E-state index in [1.165, 1.54) is 36.4 Å². The summed E-state index contributed by atoms with van der Waals surface area (Å²) in [7, 11) is -4.17. The number of alkyl halides is 3. The molecule has 168 valence electrons. The predicted octanol–water partition coefficient (Wildman–Crippen LogP) is 4.52.